The van der Waals surface area contributed by atoms with Gasteiger partial charge >= 0.3 is 6.18 Å². The van der Waals surface area contributed by atoms with E-state index in [2.05, 4.69) is 0 Å². The van der Waals surface area contributed by atoms with E-state index < -0.39 is 11.7 Å². The van der Waals surface area contributed by atoms with Crippen molar-refractivity contribution in [3.8, 4) is 5.75 Å². The number of halogens is 3. The van der Waals surface area contributed by atoms with E-state index in [1.807, 2.05) is 0 Å². The maximum atomic E-state index is 12.8. The van der Waals surface area contributed by atoms with Gasteiger partial charge in [0.25, 0.3) is 11.8 Å². The molecule has 3 rings (SSSR count). The molecule has 1 aliphatic heterocycles. The van der Waals surface area contributed by atoms with Gasteiger partial charge in [0.2, 0.25) is 0 Å². The van der Waals surface area contributed by atoms with Gasteiger partial charge in [0.1, 0.15) is 5.75 Å². The van der Waals surface area contributed by atoms with E-state index in [0.29, 0.717) is 43.9 Å². The van der Waals surface area contributed by atoms with Crippen LogP contribution in [0.5, 0.6) is 5.75 Å². The van der Waals surface area contributed by atoms with Crippen molar-refractivity contribution in [2.45, 2.75) is 12.6 Å². The molecule has 0 spiro atoms. The number of hydrogen-bond donors (Lipinski definition) is 0. The number of alkyl halides is 3. The maximum absolute atomic E-state index is 12.8. The summed E-state index contributed by atoms with van der Waals surface area (Å²) in [5, 5.41) is 0. The van der Waals surface area contributed by atoms with E-state index in [0.717, 1.165) is 12.1 Å². The number of benzene rings is 2. The summed E-state index contributed by atoms with van der Waals surface area (Å²) >= 11 is 0. The minimum atomic E-state index is -4.44. The molecule has 1 heterocycles. The number of amides is 2. The zero-order chi connectivity index (χ0) is 21.0. The second-order valence-corrected chi connectivity index (χ2v) is 6.75. The highest BCUT2D eigenvalue weighted by Crippen LogP contribution is 2.29. The molecule has 0 atom stereocenters. The lowest BCUT2D eigenvalue weighted by Crippen LogP contribution is -2.37. The molecule has 5 nitrogen and oxygen atoms in total. The topological polar surface area (TPSA) is 49.9 Å². The summed E-state index contributed by atoms with van der Waals surface area (Å²) in [5.74, 6) is 0.104. The molecule has 29 heavy (non-hydrogen) atoms. The summed E-state index contributed by atoms with van der Waals surface area (Å²) in [6.45, 7) is 1.59. The van der Waals surface area contributed by atoms with Crippen LogP contribution in [0.1, 0.15) is 32.7 Å². The maximum Gasteiger partial charge on any atom is 0.416 e. The first-order valence-corrected chi connectivity index (χ1v) is 9.19. The quantitative estimate of drug-likeness (QED) is 0.781. The molecule has 0 radical (unpaired) electrons. The van der Waals surface area contributed by atoms with Gasteiger partial charge in [-0.25, -0.2) is 0 Å². The number of carbonyl (C=O) groups excluding carboxylic acids is 2. The Bertz CT molecular complexity index is 881. The van der Waals surface area contributed by atoms with Crippen molar-refractivity contribution < 1.29 is 27.5 Å². The molecule has 1 fully saturated rings. The van der Waals surface area contributed by atoms with E-state index in [4.69, 9.17) is 4.74 Å². The first-order chi connectivity index (χ1) is 13.8. The van der Waals surface area contributed by atoms with Gasteiger partial charge < -0.3 is 14.5 Å². The minimum absolute atomic E-state index is 0.146. The van der Waals surface area contributed by atoms with E-state index in [9.17, 15) is 22.8 Å². The van der Waals surface area contributed by atoms with Gasteiger partial charge in [0.15, 0.2) is 0 Å². The lowest BCUT2D eigenvalue weighted by molar-refractivity contribution is -0.137. The highest BCUT2D eigenvalue weighted by Gasteiger charge is 2.30. The van der Waals surface area contributed by atoms with Gasteiger partial charge in [-0.1, -0.05) is 6.07 Å². The smallest absolute Gasteiger partial charge is 0.416 e. The van der Waals surface area contributed by atoms with E-state index in [1.165, 1.54) is 19.2 Å². The fourth-order valence-electron chi connectivity index (χ4n) is 3.25. The van der Waals surface area contributed by atoms with Crippen LogP contribution < -0.4 is 4.74 Å². The summed E-state index contributed by atoms with van der Waals surface area (Å²) in [7, 11) is 1.53. The SMILES string of the molecule is COc1cccc(C(=O)N2CCCN(C(=O)c3ccc(C(F)(F)F)cc3)CC2)c1. The third-order valence-electron chi connectivity index (χ3n) is 4.85. The fourth-order valence-corrected chi connectivity index (χ4v) is 3.25. The fraction of sp³-hybridized carbons (Fsp3) is 0.333. The number of carbonyl (C=O) groups is 2. The zero-order valence-corrected chi connectivity index (χ0v) is 15.9. The first-order valence-electron chi connectivity index (χ1n) is 9.19. The van der Waals surface area contributed by atoms with Crippen molar-refractivity contribution in [3.05, 3.63) is 65.2 Å². The van der Waals surface area contributed by atoms with Crippen LogP contribution in [0.2, 0.25) is 0 Å². The van der Waals surface area contributed by atoms with Crippen molar-refractivity contribution >= 4 is 11.8 Å². The largest absolute Gasteiger partial charge is 0.497 e. The Labute approximate surface area is 166 Å². The molecule has 8 heteroatoms. The van der Waals surface area contributed by atoms with Crippen LogP contribution in [-0.2, 0) is 6.18 Å². The summed E-state index contributed by atoms with van der Waals surface area (Å²) < 4.78 is 43.2. The van der Waals surface area contributed by atoms with Gasteiger partial charge in [-0.15, -0.1) is 0 Å². The molecule has 2 aromatic carbocycles. The van der Waals surface area contributed by atoms with Crippen LogP contribution in [0.4, 0.5) is 13.2 Å². The van der Waals surface area contributed by atoms with E-state index in [-0.39, 0.29) is 17.4 Å². The van der Waals surface area contributed by atoms with E-state index >= 15 is 0 Å². The van der Waals surface area contributed by atoms with Gasteiger partial charge in [-0.05, 0) is 48.9 Å². The first kappa shape index (κ1) is 20.7. The van der Waals surface area contributed by atoms with Gasteiger partial charge in [0.05, 0.1) is 12.7 Å². The summed E-state index contributed by atoms with van der Waals surface area (Å²) in [6.07, 6.45) is -3.85. The average Bonchev–Trinajstić information content (AvgIpc) is 2.98. The second-order valence-electron chi connectivity index (χ2n) is 6.75. The number of rotatable bonds is 3. The third-order valence-corrected chi connectivity index (χ3v) is 4.85. The lowest BCUT2D eigenvalue weighted by atomic mass is 10.1. The zero-order valence-electron chi connectivity index (χ0n) is 15.9. The van der Waals surface area contributed by atoms with Crippen molar-refractivity contribution in [1.29, 1.82) is 0 Å². The van der Waals surface area contributed by atoms with Crippen molar-refractivity contribution in [3.63, 3.8) is 0 Å². The van der Waals surface area contributed by atoms with Crippen LogP contribution in [0.25, 0.3) is 0 Å². The molecule has 0 aliphatic carbocycles. The molecule has 1 aliphatic rings. The average molecular weight is 406 g/mol. The summed E-state index contributed by atoms with van der Waals surface area (Å²) in [4.78, 5) is 28.7. The molecule has 0 bridgehead atoms. The summed E-state index contributed by atoms with van der Waals surface area (Å²) in [5.41, 5.74) is -0.0857. The predicted octanol–water partition coefficient (Wildman–Crippen LogP) is 3.70. The summed E-state index contributed by atoms with van der Waals surface area (Å²) in [6, 6.07) is 11.1. The Kier molecular flexibility index (Phi) is 6.10. The van der Waals surface area contributed by atoms with Crippen LogP contribution >= 0.6 is 0 Å². The lowest BCUT2D eigenvalue weighted by Gasteiger charge is -2.22. The van der Waals surface area contributed by atoms with Gasteiger partial charge in [-0.3, -0.25) is 9.59 Å². The predicted molar refractivity (Wildman–Crippen MR) is 101 cm³/mol. The number of methoxy groups -OCH3 is 1. The van der Waals surface area contributed by atoms with Gasteiger partial charge in [-0.2, -0.15) is 13.2 Å². The highest BCUT2D eigenvalue weighted by atomic mass is 19.4. The molecule has 0 saturated carbocycles. The molecule has 154 valence electrons. The van der Waals surface area contributed by atoms with E-state index in [1.54, 1.807) is 34.1 Å². The molecule has 0 N–H and O–H groups in total. The Morgan fingerprint density at radius 2 is 1.45 bits per heavy atom. The highest BCUT2D eigenvalue weighted by molar-refractivity contribution is 5.95. The molecule has 2 aromatic rings. The number of hydrogen-bond acceptors (Lipinski definition) is 3. The Hall–Kier alpha value is -3.03. The Balaban J connectivity index is 1.66. The van der Waals surface area contributed by atoms with Crippen molar-refractivity contribution in [2.24, 2.45) is 0 Å². The normalized spacial score (nSPS) is 15.0. The van der Waals surface area contributed by atoms with Crippen molar-refractivity contribution in [2.75, 3.05) is 33.3 Å². The standard InChI is InChI=1S/C21H21F3N2O3/c1-29-18-5-2-4-16(14-18)20(28)26-11-3-10-25(12-13-26)19(27)15-6-8-17(9-7-15)21(22,23)24/h2,4-9,14H,3,10-13H2,1H3. The molecule has 2 amide bonds. The Morgan fingerprint density at radius 3 is 2.00 bits per heavy atom. The third kappa shape index (κ3) is 4.88. The van der Waals surface area contributed by atoms with Gasteiger partial charge in [0, 0.05) is 37.3 Å². The van der Waals surface area contributed by atoms with Crippen molar-refractivity contribution in [1.82, 2.24) is 9.80 Å². The van der Waals surface area contributed by atoms with Crippen LogP contribution in [0.15, 0.2) is 48.5 Å². The Morgan fingerprint density at radius 1 is 0.862 bits per heavy atom. The van der Waals surface area contributed by atoms with Crippen LogP contribution in [0, 0.1) is 0 Å². The molecule has 0 unspecified atom stereocenters. The monoisotopic (exact) mass is 406 g/mol. The van der Waals surface area contributed by atoms with Crippen LogP contribution in [-0.4, -0.2) is 54.9 Å². The number of nitrogens with zero attached hydrogens (tertiary/aromatic N) is 2. The number of ether oxygens (including phenoxy) is 1. The second kappa shape index (κ2) is 8.55. The van der Waals surface area contributed by atoms with Crippen LogP contribution in [0.3, 0.4) is 0 Å². The minimum Gasteiger partial charge on any atom is -0.497 e. The molecule has 0 aromatic heterocycles. The molecule has 1 saturated heterocycles. The molecular weight excluding hydrogens is 385 g/mol. The molecular formula is C21H21F3N2O3.